The zero-order valence-corrected chi connectivity index (χ0v) is 14.9. The van der Waals surface area contributed by atoms with Gasteiger partial charge in [-0.25, -0.2) is 0 Å². The van der Waals surface area contributed by atoms with Gasteiger partial charge in [-0.05, 0) is 18.6 Å². The van der Waals surface area contributed by atoms with Gasteiger partial charge in [-0.15, -0.1) is 38.0 Å². The highest BCUT2D eigenvalue weighted by atomic mass is 35.5. The average molecular weight is 402 g/mol. The Bertz CT molecular complexity index is 583. The monoisotopic (exact) mass is 401 g/mol. The van der Waals surface area contributed by atoms with Crippen LogP contribution in [0.1, 0.15) is 6.42 Å². The van der Waals surface area contributed by atoms with Gasteiger partial charge < -0.3 is 15.0 Å². The number of hydrogen-bond acceptors (Lipinski definition) is 4. The number of piperazine rings is 1. The lowest BCUT2D eigenvalue weighted by Crippen LogP contribution is -2.51. The van der Waals surface area contributed by atoms with Crippen molar-refractivity contribution in [2.75, 3.05) is 37.6 Å². The van der Waals surface area contributed by atoms with Crippen LogP contribution in [0.25, 0.3) is 0 Å². The van der Waals surface area contributed by atoms with Gasteiger partial charge in [0.1, 0.15) is 5.75 Å². The number of benzene rings is 1. The van der Waals surface area contributed by atoms with Crippen LogP contribution < -0.4 is 15.0 Å². The van der Waals surface area contributed by atoms with E-state index in [9.17, 15) is 18.0 Å². The van der Waals surface area contributed by atoms with Crippen molar-refractivity contribution < 1.29 is 22.7 Å². The van der Waals surface area contributed by atoms with Crippen molar-refractivity contribution in [3.63, 3.8) is 0 Å². The normalized spacial score (nSPS) is 21.5. The van der Waals surface area contributed by atoms with Gasteiger partial charge in [-0.3, -0.25) is 9.69 Å². The molecule has 0 aromatic heterocycles. The predicted molar refractivity (Wildman–Crippen MR) is 92.8 cm³/mol. The van der Waals surface area contributed by atoms with Gasteiger partial charge in [0.25, 0.3) is 0 Å². The second kappa shape index (κ2) is 8.93. The van der Waals surface area contributed by atoms with Crippen LogP contribution in [0.3, 0.4) is 0 Å². The minimum atomic E-state index is -4.74. The minimum Gasteiger partial charge on any atom is -0.406 e. The van der Waals surface area contributed by atoms with Crippen LogP contribution in [0.2, 0.25) is 0 Å². The number of hydrogen-bond donors (Lipinski definition) is 1. The fourth-order valence-corrected chi connectivity index (χ4v) is 3.10. The van der Waals surface area contributed by atoms with Gasteiger partial charge in [-0.2, -0.15) is 0 Å². The number of ether oxygens (including phenoxy) is 1. The van der Waals surface area contributed by atoms with E-state index in [0.29, 0.717) is 18.7 Å². The Morgan fingerprint density at radius 3 is 2.44 bits per heavy atom. The van der Waals surface area contributed by atoms with Gasteiger partial charge in [0.15, 0.2) is 0 Å². The molecule has 25 heavy (non-hydrogen) atoms. The highest BCUT2D eigenvalue weighted by molar-refractivity contribution is 5.99. The molecule has 142 valence electrons. The molecule has 3 rings (SSSR count). The first-order valence-corrected chi connectivity index (χ1v) is 7.56. The third-order valence-corrected chi connectivity index (χ3v) is 4.13. The molecule has 0 saturated carbocycles. The molecule has 2 fully saturated rings. The second-order valence-corrected chi connectivity index (χ2v) is 5.63. The molecular weight excluding hydrogens is 382 g/mol. The third kappa shape index (κ3) is 5.37. The van der Waals surface area contributed by atoms with Crippen LogP contribution in [0, 0.1) is 0 Å². The molecule has 1 N–H and O–H groups in total. The van der Waals surface area contributed by atoms with Crippen molar-refractivity contribution in [1.82, 2.24) is 10.2 Å². The molecule has 1 amide bonds. The summed E-state index contributed by atoms with van der Waals surface area (Å²) in [5.41, 5.74) is 0.439. The summed E-state index contributed by atoms with van der Waals surface area (Å²) in [6.45, 7) is 3.81. The zero-order chi connectivity index (χ0) is 16.4. The number of halogens is 5. The number of amides is 1. The van der Waals surface area contributed by atoms with E-state index in [1.807, 2.05) is 0 Å². The molecular formula is C15H20Cl2F3N3O2. The summed E-state index contributed by atoms with van der Waals surface area (Å²) < 4.78 is 40.9. The molecule has 2 aliphatic heterocycles. The molecule has 0 radical (unpaired) electrons. The highest BCUT2D eigenvalue weighted by Gasteiger charge is 2.37. The Morgan fingerprint density at radius 2 is 1.80 bits per heavy atom. The van der Waals surface area contributed by atoms with E-state index >= 15 is 0 Å². The molecule has 0 bridgehead atoms. The highest BCUT2D eigenvalue weighted by Crippen LogP contribution is 2.30. The predicted octanol–water partition coefficient (Wildman–Crippen LogP) is 2.44. The third-order valence-electron chi connectivity index (χ3n) is 4.13. The van der Waals surface area contributed by atoms with E-state index in [1.54, 1.807) is 6.07 Å². The summed E-state index contributed by atoms with van der Waals surface area (Å²) in [4.78, 5) is 16.3. The summed E-state index contributed by atoms with van der Waals surface area (Å²) in [6.07, 6.45) is -4.06. The molecule has 1 aromatic carbocycles. The number of alkyl halides is 3. The molecule has 0 spiro atoms. The second-order valence-electron chi connectivity index (χ2n) is 5.63. The van der Waals surface area contributed by atoms with E-state index in [2.05, 4.69) is 15.0 Å². The smallest absolute Gasteiger partial charge is 0.406 e. The van der Waals surface area contributed by atoms with Crippen molar-refractivity contribution >= 4 is 36.4 Å². The molecule has 2 heterocycles. The Hall–Kier alpha value is -1.22. The molecule has 2 aliphatic rings. The molecule has 2 saturated heterocycles. The lowest BCUT2D eigenvalue weighted by atomic mass is 10.2. The fourth-order valence-electron chi connectivity index (χ4n) is 3.10. The molecule has 1 atom stereocenters. The van der Waals surface area contributed by atoms with E-state index in [0.717, 1.165) is 26.2 Å². The van der Waals surface area contributed by atoms with E-state index in [4.69, 9.17) is 0 Å². The van der Waals surface area contributed by atoms with Crippen molar-refractivity contribution in [2.24, 2.45) is 0 Å². The van der Waals surface area contributed by atoms with Crippen molar-refractivity contribution in [2.45, 2.75) is 18.8 Å². The van der Waals surface area contributed by atoms with Crippen molar-refractivity contribution in [3.05, 3.63) is 24.3 Å². The standard InChI is InChI=1S/C15H18F3N3O2.2ClH/c16-15(17,18)23-12-3-1-2-11(10-12)21-7-4-13(14(21)22)20-8-5-19-6-9-20;;/h1-3,10,13,19H,4-9H2;2*1H. The Kier molecular flexibility index (Phi) is 7.80. The Labute approximate surface area is 156 Å². The van der Waals surface area contributed by atoms with Crippen LogP contribution >= 0.6 is 24.8 Å². The van der Waals surface area contributed by atoms with Gasteiger partial charge in [0.05, 0.1) is 6.04 Å². The van der Waals surface area contributed by atoms with Crippen molar-refractivity contribution in [1.29, 1.82) is 0 Å². The maximum Gasteiger partial charge on any atom is 0.573 e. The van der Waals surface area contributed by atoms with Gasteiger partial charge in [-0.1, -0.05) is 6.07 Å². The Balaban J connectivity index is 0.00000156. The van der Waals surface area contributed by atoms with Gasteiger partial charge in [0.2, 0.25) is 5.91 Å². The SMILES string of the molecule is Cl.Cl.O=C1C(N2CCNCC2)CCN1c1cccc(OC(F)(F)F)c1. The number of carbonyl (C=O) groups is 1. The number of anilines is 1. The summed E-state index contributed by atoms with van der Waals surface area (Å²) in [5, 5.41) is 3.24. The summed E-state index contributed by atoms with van der Waals surface area (Å²) in [6, 6.07) is 5.38. The number of nitrogens with zero attached hydrogens (tertiary/aromatic N) is 2. The van der Waals surface area contributed by atoms with Crippen LogP contribution in [-0.4, -0.2) is 55.9 Å². The van der Waals surface area contributed by atoms with E-state index in [1.165, 1.54) is 23.1 Å². The van der Waals surface area contributed by atoms with Crippen molar-refractivity contribution in [3.8, 4) is 5.75 Å². The average Bonchev–Trinajstić information content (AvgIpc) is 2.88. The molecule has 1 aromatic rings. The first-order chi connectivity index (χ1) is 10.9. The molecule has 0 aliphatic carbocycles. The zero-order valence-electron chi connectivity index (χ0n) is 13.3. The van der Waals surface area contributed by atoms with Crippen LogP contribution in [0.5, 0.6) is 5.75 Å². The summed E-state index contributed by atoms with van der Waals surface area (Å²) in [7, 11) is 0. The lowest BCUT2D eigenvalue weighted by molar-refractivity contribution is -0.274. The minimum absolute atomic E-state index is 0. The molecule has 10 heteroatoms. The maximum absolute atomic E-state index is 12.6. The first-order valence-electron chi connectivity index (χ1n) is 7.56. The largest absolute Gasteiger partial charge is 0.573 e. The van der Waals surface area contributed by atoms with E-state index in [-0.39, 0.29) is 42.5 Å². The Morgan fingerprint density at radius 1 is 1.12 bits per heavy atom. The quantitative estimate of drug-likeness (QED) is 0.844. The fraction of sp³-hybridized carbons (Fsp3) is 0.533. The van der Waals surface area contributed by atoms with Gasteiger partial charge >= 0.3 is 6.36 Å². The topological polar surface area (TPSA) is 44.8 Å². The van der Waals surface area contributed by atoms with Crippen LogP contribution in [-0.2, 0) is 4.79 Å². The van der Waals surface area contributed by atoms with E-state index < -0.39 is 6.36 Å². The lowest BCUT2D eigenvalue weighted by Gasteiger charge is -2.31. The molecule has 1 unspecified atom stereocenters. The number of rotatable bonds is 3. The summed E-state index contributed by atoms with van der Waals surface area (Å²) >= 11 is 0. The first kappa shape index (κ1) is 21.8. The number of nitrogens with one attached hydrogen (secondary N) is 1. The van der Waals surface area contributed by atoms with Crippen LogP contribution in [0.4, 0.5) is 18.9 Å². The summed E-state index contributed by atoms with van der Waals surface area (Å²) in [5.74, 6) is -0.371. The van der Waals surface area contributed by atoms with Crippen LogP contribution in [0.15, 0.2) is 24.3 Å². The molecule has 5 nitrogen and oxygen atoms in total. The maximum atomic E-state index is 12.6. The number of carbonyl (C=O) groups excluding carboxylic acids is 1. The van der Waals surface area contributed by atoms with Gasteiger partial charge in [0, 0.05) is 44.5 Å².